The van der Waals surface area contributed by atoms with Crippen molar-refractivity contribution in [1.29, 1.82) is 0 Å². The van der Waals surface area contributed by atoms with Gasteiger partial charge in [0, 0.05) is 49.7 Å². The van der Waals surface area contributed by atoms with Crippen LogP contribution in [0.15, 0.2) is 243 Å². The average molecular weight is 1200 g/mol. The van der Waals surface area contributed by atoms with Gasteiger partial charge in [0.25, 0.3) is 12.7 Å². The first kappa shape index (κ1) is 53.2. The Balaban J connectivity index is 0.000000157. The van der Waals surface area contributed by atoms with Crippen molar-refractivity contribution in [2.75, 3.05) is 28.4 Å². The Labute approximate surface area is 468 Å². The van der Waals surface area contributed by atoms with Crippen LogP contribution in [-0.4, -0.2) is 47.7 Å². The largest absolute Gasteiger partial charge is 0.574 e. The number of hydrogen-bond donors (Lipinski definition) is 0. The Bertz CT molecular complexity index is 3300. The number of benzene rings is 8. The number of pyridine rings is 1. The van der Waals surface area contributed by atoms with E-state index in [1.807, 2.05) is 133 Å². The van der Waals surface area contributed by atoms with Gasteiger partial charge in [-0.1, -0.05) is 139 Å². The Morgan fingerprint density at radius 1 is 0.397 bits per heavy atom. The molecule has 0 N–H and O–H groups in total. The van der Waals surface area contributed by atoms with Gasteiger partial charge < -0.3 is 38.3 Å². The van der Waals surface area contributed by atoms with Gasteiger partial charge in [-0.05, 0) is 94.3 Å². The summed E-state index contributed by atoms with van der Waals surface area (Å²) in [6, 6.07) is 83.3. The zero-order chi connectivity index (χ0) is 52.8. The van der Waals surface area contributed by atoms with Gasteiger partial charge in [0.2, 0.25) is 0 Å². The topological polar surface area (TPSA) is 94.4 Å². The summed E-state index contributed by atoms with van der Waals surface area (Å²) in [5, 5.41) is 7.58. The van der Waals surface area contributed by atoms with Crippen molar-refractivity contribution in [3.8, 4) is 102 Å². The van der Waals surface area contributed by atoms with Crippen LogP contribution in [0.3, 0.4) is 0 Å². The van der Waals surface area contributed by atoms with E-state index in [1.165, 1.54) is 0 Å². The molecule has 0 unspecified atom stereocenters. The molecule has 0 aliphatic carbocycles. The maximum atomic E-state index is 5.37. The van der Waals surface area contributed by atoms with Gasteiger partial charge in [-0.3, -0.25) is 14.1 Å². The standard InChI is InChI=1S/2C29H23N2O2.C8H6N3.Ir/c2*1-32-26-17-13-24(14-18-26)30-21-31(25-15-19-27(33-2)20-16-25)29(23-11-7-4-8-12-23)28(30)22-9-5-3-6-10-22;1-2-5-9-7(3-1)8-4-6-10-11-8;/h2*3-15,17-20H,1-2H3;1-6H;/q3*-1;. The van der Waals surface area contributed by atoms with Crippen LogP contribution in [-0.2, 0) is 20.1 Å². The minimum absolute atomic E-state index is 0. The molecule has 4 aromatic heterocycles. The summed E-state index contributed by atoms with van der Waals surface area (Å²) in [7, 11) is 6.66. The first-order chi connectivity index (χ1) is 38.0. The summed E-state index contributed by atoms with van der Waals surface area (Å²) in [4.78, 5) is 4.12. The average Bonchev–Trinajstić information content (AvgIpc) is 4.32. The Hall–Kier alpha value is -9.61. The molecule has 0 bridgehead atoms. The van der Waals surface area contributed by atoms with Crippen LogP contribution in [0.25, 0.3) is 79.2 Å². The molecule has 78 heavy (non-hydrogen) atoms. The van der Waals surface area contributed by atoms with Gasteiger partial charge >= 0.3 is 0 Å². The Kier molecular flexibility index (Phi) is 17.6. The smallest absolute Gasteiger partial charge is 0.268 e. The van der Waals surface area contributed by atoms with Crippen molar-refractivity contribution in [3.63, 3.8) is 0 Å². The van der Waals surface area contributed by atoms with Crippen LogP contribution in [0.1, 0.15) is 0 Å². The minimum Gasteiger partial charge on any atom is -0.574 e. The second-order valence-corrected chi connectivity index (χ2v) is 17.2. The van der Waals surface area contributed by atoms with E-state index >= 15 is 0 Å². The van der Waals surface area contributed by atoms with Gasteiger partial charge in [0.1, 0.15) is 11.5 Å². The fourth-order valence-corrected chi connectivity index (χ4v) is 8.68. The number of nitrogens with zero attached hydrogens (tertiary/aromatic N) is 7. The Morgan fingerprint density at radius 2 is 0.782 bits per heavy atom. The number of imidazole rings is 2. The second kappa shape index (κ2) is 25.8. The molecule has 0 aliphatic rings. The van der Waals surface area contributed by atoms with Gasteiger partial charge in [-0.15, -0.1) is 24.3 Å². The first-order valence-electron chi connectivity index (χ1n) is 24.7. The van der Waals surface area contributed by atoms with Crippen LogP contribution < -0.4 is 33.2 Å². The molecular formula is C66H52IrN7O4-3. The van der Waals surface area contributed by atoms with Gasteiger partial charge in [0.15, 0.2) is 0 Å². The fraction of sp³-hybridized carbons (Fsp3) is 0.0606. The van der Waals surface area contributed by atoms with Crippen molar-refractivity contribution in [1.82, 2.24) is 24.3 Å². The predicted octanol–water partition coefficient (Wildman–Crippen LogP) is 12.5. The second-order valence-electron chi connectivity index (χ2n) is 17.2. The number of ether oxygens (including phenoxy) is 4. The van der Waals surface area contributed by atoms with Crippen LogP contribution in [0.2, 0.25) is 0 Å². The van der Waals surface area contributed by atoms with E-state index in [2.05, 4.69) is 155 Å². The summed E-state index contributed by atoms with van der Waals surface area (Å²) >= 11 is 0. The molecule has 0 saturated carbocycles. The molecule has 12 heteroatoms. The van der Waals surface area contributed by atoms with E-state index in [0.29, 0.717) is 0 Å². The maximum absolute atomic E-state index is 5.37. The van der Waals surface area contributed by atoms with Crippen LogP contribution in [0.4, 0.5) is 0 Å². The molecule has 0 saturated heterocycles. The molecular weight excluding hydrogens is 1150 g/mol. The molecule has 0 spiro atoms. The maximum Gasteiger partial charge on any atom is 0.268 e. The molecule has 8 aromatic carbocycles. The minimum atomic E-state index is 0. The van der Waals surface area contributed by atoms with Crippen molar-refractivity contribution in [2.24, 2.45) is 0 Å². The molecule has 0 fully saturated rings. The van der Waals surface area contributed by atoms with Gasteiger partial charge in [-0.25, -0.2) is 0 Å². The third-order valence-electron chi connectivity index (χ3n) is 12.5. The predicted molar refractivity (Wildman–Crippen MR) is 299 cm³/mol. The third-order valence-corrected chi connectivity index (χ3v) is 12.5. The number of aromatic nitrogens is 7. The molecule has 12 aromatic rings. The summed E-state index contributed by atoms with van der Waals surface area (Å²) in [5.41, 5.74) is 13.9. The zero-order valence-electron chi connectivity index (χ0n) is 43.2. The van der Waals surface area contributed by atoms with E-state index in [-0.39, 0.29) is 20.1 Å². The summed E-state index contributed by atoms with van der Waals surface area (Å²) in [6.45, 7) is 0. The molecule has 1 radical (unpaired) electrons. The molecule has 0 amide bonds. The molecule has 4 heterocycles. The Morgan fingerprint density at radius 3 is 1.12 bits per heavy atom. The number of hydrogen-bond acceptors (Lipinski definition) is 6. The van der Waals surface area contributed by atoms with E-state index in [0.717, 1.165) is 102 Å². The van der Waals surface area contributed by atoms with Crippen molar-refractivity contribution >= 4 is 0 Å². The van der Waals surface area contributed by atoms with E-state index in [1.54, 1.807) is 40.8 Å². The van der Waals surface area contributed by atoms with Crippen molar-refractivity contribution < 1.29 is 48.2 Å². The van der Waals surface area contributed by atoms with Crippen LogP contribution in [0.5, 0.6) is 23.0 Å². The number of rotatable bonds is 13. The van der Waals surface area contributed by atoms with E-state index in [4.69, 9.17) is 18.9 Å². The molecule has 0 aliphatic heterocycles. The molecule has 0 atom stereocenters. The SMILES string of the molecule is COc1c[c-]c(-n2[c-][n+](-c3ccc(OC)cc3)c(-c3ccccc3)c2-c2ccccc2)cc1.COc1c[c-]c(-n2[c-][n+](-c3ccc(OC)cc3)c(-c3ccccc3)c2-c2ccccc2)cc1.[Ir].c1ccc(-c2ccn[n-]2)nc1. The van der Waals surface area contributed by atoms with Crippen LogP contribution in [0, 0.1) is 24.8 Å². The first-order valence-corrected chi connectivity index (χ1v) is 24.7. The molecule has 387 valence electrons. The number of methoxy groups -OCH3 is 4. The van der Waals surface area contributed by atoms with E-state index < -0.39 is 0 Å². The van der Waals surface area contributed by atoms with Crippen molar-refractivity contribution in [2.45, 2.75) is 0 Å². The van der Waals surface area contributed by atoms with Crippen molar-refractivity contribution in [3.05, 3.63) is 268 Å². The summed E-state index contributed by atoms with van der Waals surface area (Å²) in [5.74, 6) is 3.15. The van der Waals surface area contributed by atoms with Gasteiger partial charge in [-0.2, -0.15) is 24.3 Å². The fourth-order valence-electron chi connectivity index (χ4n) is 8.68. The quantitative estimate of drug-likeness (QED) is 0.0838. The third kappa shape index (κ3) is 12.1. The van der Waals surface area contributed by atoms with E-state index in [9.17, 15) is 0 Å². The zero-order valence-corrected chi connectivity index (χ0v) is 45.6. The summed E-state index contributed by atoms with van der Waals surface area (Å²) < 4.78 is 29.7. The molecule has 11 nitrogen and oxygen atoms in total. The monoisotopic (exact) mass is 1200 g/mol. The van der Waals surface area contributed by atoms with Crippen LogP contribution >= 0.6 is 0 Å². The van der Waals surface area contributed by atoms with Gasteiger partial charge in [0.05, 0.1) is 62.6 Å². The molecule has 12 rings (SSSR count). The summed E-state index contributed by atoms with van der Waals surface area (Å²) in [6.07, 6.45) is 10.5. The normalized spacial score (nSPS) is 10.5.